The van der Waals surface area contributed by atoms with Crippen LogP contribution >= 0.6 is 24.8 Å². The molecule has 4 rings (SSSR count). The third kappa shape index (κ3) is 3.07. The number of anilines is 1. The molecule has 3 aromatic rings. The van der Waals surface area contributed by atoms with Crippen molar-refractivity contribution < 1.29 is 0 Å². The second-order valence-electron chi connectivity index (χ2n) is 6.15. The number of nitrogen functional groups attached to an aromatic ring is 1. The first-order chi connectivity index (χ1) is 10.6. The first-order valence-corrected chi connectivity index (χ1v) is 7.67. The van der Waals surface area contributed by atoms with E-state index in [1.165, 1.54) is 22.3 Å². The smallest absolute Gasteiger partial charge is 0.124 e. The monoisotopic (exact) mass is 361 g/mol. The van der Waals surface area contributed by atoms with E-state index in [0.29, 0.717) is 5.82 Å². The fraction of sp³-hybridized carbons (Fsp3) is 0.211. The van der Waals surface area contributed by atoms with Gasteiger partial charge in [0, 0.05) is 11.4 Å². The van der Waals surface area contributed by atoms with Gasteiger partial charge in [-0.3, -0.25) is 0 Å². The fourth-order valence-electron chi connectivity index (χ4n) is 3.44. The number of aromatic nitrogens is 1. The Morgan fingerprint density at radius 2 is 1.71 bits per heavy atom. The number of halogens is 2. The van der Waals surface area contributed by atoms with Gasteiger partial charge < -0.3 is 11.5 Å². The SMILES string of the molecule is Cc1cc(N)nc2cc(-c3ccc4c(c3)CCC4N)ccc12.Cl.Cl. The van der Waals surface area contributed by atoms with E-state index in [1.54, 1.807) is 0 Å². The van der Waals surface area contributed by atoms with E-state index >= 15 is 0 Å². The molecule has 24 heavy (non-hydrogen) atoms. The first kappa shape index (κ1) is 18.5. The summed E-state index contributed by atoms with van der Waals surface area (Å²) in [5, 5.41) is 1.15. The van der Waals surface area contributed by atoms with E-state index < -0.39 is 0 Å². The zero-order valence-corrected chi connectivity index (χ0v) is 15.1. The van der Waals surface area contributed by atoms with E-state index in [1.807, 2.05) is 6.07 Å². The number of benzene rings is 2. The number of hydrogen-bond donors (Lipinski definition) is 2. The van der Waals surface area contributed by atoms with Gasteiger partial charge in [-0.1, -0.05) is 30.3 Å². The van der Waals surface area contributed by atoms with Crippen molar-refractivity contribution in [1.82, 2.24) is 4.98 Å². The van der Waals surface area contributed by atoms with Gasteiger partial charge in [-0.2, -0.15) is 0 Å². The average molecular weight is 362 g/mol. The van der Waals surface area contributed by atoms with Gasteiger partial charge in [-0.25, -0.2) is 4.98 Å². The zero-order valence-electron chi connectivity index (χ0n) is 13.5. The summed E-state index contributed by atoms with van der Waals surface area (Å²) in [7, 11) is 0. The minimum absolute atomic E-state index is 0. The molecule has 1 atom stereocenters. The molecule has 0 radical (unpaired) electrons. The van der Waals surface area contributed by atoms with Crippen LogP contribution < -0.4 is 11.5 Å². The maximum Gasteiger partial charge on any atom is 0.124 e. The third-order valence-electron chi connectivity index (χ3n) is 4.64. The summed E-state index contributed by atoms with van der Waals surface area (Å²) >= 11 is 0. The Balaban J connectivity index is 0.00000104. The molecule has 3 nitrogen and oxygen atoms in total. The van der Waals surface area contributed by atoms with Crippen LogP contribution in [0.4, 0.5) is 5.82 Å². The Kier molecular flexibility index (Phi) is 5.38. The molecule has 0 amide bonds. The second-order valence-corrected chi connectivity index (χ2v) is 6.15. The van der Waals surface area contributed by atoms with E-state index in [4.69, 9.17) is 11.5 Å². The Bertz CT molecular complexity index is 893. The van der Waals surface area contributed by atoms with Crippen LogP contribution in [0.15, 0.2) is 42.5 Å². The summed E-state index contributed by atoms with van der Waals surface area (Å²) in [6.07, 6.45) is 2.12. The minimum Gasteiger partial charge on any atom is -0.384 e. The van der Waals surface area contributed by atoms with Crippen LogP contribution in [0.25, 0.3) is 22.0 Å². The largest absolute Gasteiger partial charge is 0.384 e. The molecule has 0 aliphatic heterocycles. The van der Waals surface area contributed by atoms with Crippen molar-refractivity contribution in [1.29, 1.82) is 0 Å². The Hall–Kier alpha value is -1.81. The number of nitrogens with zero attached hydrogens (tertiary/aromatic N) is 1. The highest BCUT2D eigenvalue weighted by molar-refractivity contribution is 5.88. The van der Waals surface area contributed by atoms with Crippen molar-refractivity contribution in [2.75, 3.05) is 5.73 Å². The third-order valence-corrected chi connectivity index (χ3v) is 4.64. The summed E-state index contributed by atoms with van der Waals surface area (Å²) in [5.74, 6) is 0.571. The quantitative estimate of drug-likeness (QED) is 0.666. The highest BCUT2D eigenvalue weighted by Gasteiger charge is 2.19. The highest BCUT2D eigenvalue weighted by Crippen LogP contribution is 2.33. The first-order valence-electron chi connectivity index (χ1n) is 7.67. The molecular formula is C19H21Cl2N3. The maximum absolute atomic E-state index is 6.12. The van der Waals surface area contributed by atoms with Gasteiger partial charge in [0.05, 0.1) is 5.52 Å². The molecule has 5 heteroatoms. The Morgan fingerprint density at radius 3 is 2.50 bits per heavy atom. The van der Waals surface area contributed by atoms with E-state index in [0.717, 1.165) is 29.3 Å². The van der Waals surface area contributed by atoms with Crippen molar-refractivity contribution in [2.45, 2.75) is 25.8 Å². The predicted octanol–water partition coefficient (Wildman–Crippen LogP) is 4.58. The molecule has 2 aromatic carbocycles. The average Bonchev–Trinajstić information content (AvgIpc) is 2.87. The van der Waals surface area contributed by atoms with Gasteiger partial charge in [0.15, 0.2) is 0 Å². The molecular weight excluding hydrogens is 341 g/mol. The number of pyridine rings is 1. The normalized spacial score (nSPS) is 15.5. The van der Waals surface area contributed by atoms with Crippen molar-refractivity contribution in [3.05, 3.63) is 59.2 Å². The van der Waals surface area contributed by atoms with Gasteiger partial charge >= 0.3 is 0 Å². The van der Waals surface area contributed by atoms with E-state index in [-0.39, 0.29) is 30.9 Å². The molecule has 0 spiro atoms. The minimum atomic E-state index is 0. The maximum atomic E-state index is 6.12. The molecule has 1 aliphatic rings. The van der Waals surface area contributed by atoms with Gasteiger partial charge in [-0.15, -0.1) is 24.8 Å². The van der Waals surface area contributed by atoms with Crippen molar-refractivity contribution in [3.8, 4) is 11.1 Å². The van der Waals surface area contributed by atoms with Crippen LogP contribution in [-0.2, 0) is 6.42 Å². The van der Waals surface area contributed by atoms with Crippen molar-refractivity contribution >= 4 is 41.5 Å². The highest BCUT2D eigenvalue weighted by atomic mass is 35.5. The lowest BCUT2D eigenvalue weighted by Crippen LogP contribution is -2.04. The molecule has 0 bridgehead atoms. The number of nitrogens with two attached hydrogens (primary N) is 2. The molecule has 0 fully saturated rings. The standard InChI is InChI=1S/C19H19N3.2ClH/c1-11-8-19(21)22-18-10-13(2-5-15(11)18)12-3-6-16-14(9-12)4-7-17(16)20;;/h2-3,5-6,8-10,17H,4,7,20H2,1H3,(H2,21,22);2*1H. The lowest BCUT2D eigenvalue weighted by Gasteiger charge is -2.09. The molecule has 1 heterocycles. The van der Waals surface area contributed by atoms with Crippen LogP contribution in [0.5, 0.6) is 0 Å². The molecule has 0 saturated carbocycles. The summed E-state index contributed by atoms with van der Waals surface area (Å²) in [6, 6.07) is 15.1. The van der Waals surface area contributed by atoms with Gasteiger partial charge in [-0.05, 0) is 59.7 Å². The summed E-state index contributed by atoms with van der Waals surface area (Å²) in [4.78, 5) is 4.46. The van der Waals surface area contributed by atoms with Gasteiger partial charge in [0.25, 0.3) is 0 Å². The van der Waals surface area contributed by atoms with Crippen LogP contribution in [0.2, 0.25) is 0 Å². The summed E-state index contributed by atoms with van der Waals surface area (Å²) in [6.45, 7) is 2.07. The summed E-state index contributed by atoms with van der Waals surface area (Å²) in [5.41, 5.74) is 19.2. The van der Waals surface area contributed by atoms with Crippen LogP contribution in [0.1, 0.15) is 29.2 Å². The van der Waals surface area contributed by atoms with E-state index in [2.05, 4.69) is 48.3 Å². The molecule has 126 valence electrons. The van der Waals surface area contributed by atoms with Crippen LogP contribution in [0.3, 0.4) is 0 Å². The number of aryl methyl sites for hydroxylation is 2. The van der Waals surface area contributed by atoms with Crippen molar-refractivity contribution in [2.24, 2.45) is 5.73 Å². The fourth-order valence-corrected chi connectivity index (χ4v) is 3.44. The van der Waals surface area contributed by atoms with Gasteiger partial charge in [0.2, 0.25) is 0 Å². The Labute approximate surface area is 154 Å². The topological polar surface area (TPSA) is 64.9 Å². The number of fused-ring (bicyclic) bond motifs is 2. The van der Waals surface area contributed by atoms with Crippen molar-refractivity contribution in [3.63, 3.8) is 0 Å². The molecule has 1 unspecified atom stereocenters. The van der Waals surface area contributed by atoms with Crippen LogP contribution in [0, 0.1) is 6.92 Å². The predicted molar refractivity (Wildman–Crippen MR) is 106 cm³/mol. The zero-order chi connectivity index (χ0) is 15.3. The van der Waals surface area contributed by atoms with Gasteiger partial charge in [0.1, 0.15) is 5.82 Å². The molecule has 1 aromatic heterocycles. The lowest BCUT2D eigenvalue weighted by molar-refractivity contribution is 0.713. The second kappa shape index (κ2) is 6.98. The lowest BCUT2D eigenvalue weighted by atomic mass is 9.98. The Morgan fingerprint density at radius 1 is 1.00 bits per heavy atom. The summed E-state index contributed by atoms with van der Waals surface area (Å²) < 4.78 is 0. The number of hydrogen-bond acceptors (Lipinski definition) is 3. The molecule has 0 saturated heterocycles. The molecule has 1 aliphatic carbocycles. The molecule has 4 N–H and O–H groups in total. The van der Waals surface area contributed by atoms with E-state index in [9.17, 15) is 0 Å². The number of rotatable bonds is 1. The van der Waals surface area contributed by atoms with Crippen LogP contribution in [-0.4, -0.2) is 4.98 Å².